The van der Waals surface area contributed by atoms with Crippen LogP contribution in [0.2, 0.25) is 0 Å². The van der Waals surface area contributed by atoms with Gasteiger partial charge in [0.2, 0.25) is 0 Å². The first-order valence-corrected chi connectivity index (χ1v) is 10.2. The average molecular weight is 397 g/mol. The van der Waals surface area contributed by atoms with E-state index in [2.05, 4.69) is 11.1 Å². The molecule has 5 nitrogen and oxygen atoms in total. The summed E-state index contributed by atoms with van der Waals surface area (Å²) >= 11 is 0. The largest absolute Gasteiger partial charge is 0.497 e. The van der Waals surface area contributed by atoms with Crippen LogP contribution in [0.5, 0.6) is 5.75 Å². The summed E-state index contributed by atoms with van der Waals surface area (Å²) in [5, 5.41) is 4.80. The van der Waals surface area contributed by atoms with Gasteiger partial charge < -0.3 is 9.72 Å². The van der Waals surface area contributed by atoms with Gasteiger partial charge in [0, 0.05) is 16.8 Å². The molecule has 0 saturated carbocycles. The first-order valence-electron chi connectivity index (χ1n) is 10.2. The summed E-state index contributed by atoms with van der Waals surface area (Å²) in [5.74, 6) is 0.759. The minimum Gasteiger partial charge on any atom is -0.497 e. The maximum Gasteiger partial charge on any atom is 0.282 e. The van der Waals surface area contributed by atoms with Gasteiger partial charge in [0.1, 0.15) is 17.1 Å². The van der Waals surface area contributed by atoms with Crippen LogP contribution in [0.3, 0.4) is 0 Å². The third kappa shape index (κ3) is 2.94. The SMILES string of the molecule is COc1ccc(-c2c(C)[nH]c3c(C4=CCCC4)c(-c4ccccc4)nn3c2=O)cc1. The number of hydrogen-bond acceptors (Lipinski definition) is 3. The van der Waals surface area contributed by atoms with Crippen LogP contribution in [-0.2, 0) is 0 Å². The number of methoxy groups -OCH3 is 1. The molecule has 0 atom stereocenters. The third-order valence-corrected chi connectivity index (χ3v) is 5.76. The Labute approximate surface area is 174 Å². The molecule has 0 radical (unpaired) electrons. The van der Waals surface area contributed by atoms with Crippen LogP contribution in [0.15, 0.2) is 65.5 Å². The van der Waals surface area contributed by atoms with E-state index in [0.717, 1.165) is 58.7 Å². The fourth-order valence-corrected chi connectivity index (χ4v) is 4.28. The third-order valence-electron chi connectivity index (χ3n) is 5.76. The Kier molecular flexibility index (Phi) is 4.51. The van der Waals surface area contributed by atoms with Crippen molar-refractivity contribution in [2.75, 3.05) is 7.11 Å². The van der Waals surface area contributed by atoms with Crippen LogP contribution >= 0.6 is 0 Å². The van der Waals surface area contributed by atoms with Crippen molar-refractivity contribution >= 4 is 11.2 Å². The fraction of sp³-hybridized carbons (Fsp3) is 0.200. The summed E-state index contributed by atoms with van der Waals surface area (Å²) in [6.45, 7) is 1.95. The number of nitrogens with zero attached hydrogens (tertiary/aromatic N) is 2. The second-order valence-corrected chi connectivity index (χ2v) is 7.63. The predicted molar refractivity (Wildman–Crippen MR) is 120 cm³/mol. The zero-order valence-corrected chi connectivity index (χ0v) is 17.1. The van der Waals surface area contributed by atoms with Gasteiger partial charge in [0.15, 0.2) is 0 Å². The Morgan fingerprint density at radius 2 is 1.77 bits per heavy atom. The molecule has 0 fully saturated rings. The molecule has 0 saturated heterocycles. The first kappa shape index (κ1) is 18.4. The molecule has 5 heteroatoms. The Hall–Kier alpha value is -3.60. The summed E-state index contributed by atoms with van der Waals surface area (Å²) in [6.07, 6.45) is 5.47. The number of hydrogen-bond donors (Lipinski definition) is 1. The quantitative estimate of drug-likeness (QED) is 0.512. The van der Waals surface area contributed by atoms with Crippen molar-refractivity contribution in [3.63, 3.8) is 0 Å². The zero-order valence-electron chi connectivity index (χ0n) is 17.1. The van der Waals surface area contributed by atoms with Crippen molar-refractivity contribution in [3.05, 3.63) is 82.3 Å². The van der Waals surface area contributed by atoms with Crippen molar-refractivity contribution in [1.29, 1.82) is 0 Å². The second kappa shape index (κ2) is 7.34. The number of aromatic nitrogens is 3. The van der Waals surface area contributed by atoms with Crippen LogP contribution < -0.4 is 10.3 Å². The number of H-pyrrole nitrogens is 1. The molecule has 0 spiro atoms. The highest BCUT2D eigenvalue weighted by Gasteiger charge is 2.23. The highest BCUT2D eigenvalue weighted by Crippen LogP contribution is 2.37. The lowest BCUT2D eigenvalue weighted by Crippen LogP contribution is -2.19. The molecule has 1 aliphatic rings. The number of aromatic amines is 1. The van der Waals surface area contributed by atoms with Gasteiger partial charge in [-0.05, 0) is 49.5 Å². The van der Waals surface area contributed by atoms with E-state index in [-0.39, 0.29) is 5.56 Å². The zero-order chi connectivity index (χ0) is 20.7. The molecular weight excluding hydrogens is 374 g/mol. The lowest BCUT2D eigenvalue weighted by Gasteiger charge is -2.09. The minimum atomic E-state index is -0.117. The summed E-state index contributed by atoms with van der Waals surface area (Å²) in [7, 11) is 1.63. The molecule has 1 aliphatic carbocycles. The molecular formula is C25H23N3O2. The van der Waals surface area contributed by atoms with Crippen molar-refractivity contribution < 1.29 is 4.74 Å². The smallest absolute Gasteiger partial charge is 0.282 e. The molecule has 0 unspecified atom stereocenters. The van der Waals surface area contributed by atoms with E-state index >= 15 is 0 Å². The lowest BCUT2D eigenvalue weighted by molar-refractivity contribution is 0.415. The van der Waals surface area contributed by atoms with Gasteiger partial charge in [0.05, 0.1) is 12.7 Å². The summed E-state index contributed by atoms with van der Waals surface area (Å²) in [6, 6.07) is 17.6. The van der Waals surface area contributed by atoms with Crippen molar-refractivity contribution in [1.82, 2.24) is 14.6 Å². The van der Waals surface area contributed by atoms with Crippen molar-refractivity contribution in [2.45, 2.75) is 26.2 Å². The van der Waals surface area contributed by atoms with E-state index in [1.54, 1.807) is 7.11 Å². The minimum absolute atomic E-state index is 0.117. The van der Waals surface area contributed by atoms with Gasteiger partial charge >= 0.3 is 0 Å². The number of rotatable bonds is 4. The summed E-state index contributed by atoms with van der Waals surface area (Å²) in [5.41, 5.74) is 7.11. The molecule has 0 amide bonds. The van der Waals surface area contributed by atoms with Gasteiger partial charge in [0.25, 0.3) is 5.56 Å². The Bertz CT molecular complexity index is 1310. The number of benzene rings is 2. The van der Waals surface area contributed by atoms with Crippen LogP contribution in [0.1, 0.15) is 30.5 Å². The number of fused-ring (bicyclic) bond motifs is 1. The maximum atomic E-state index is 13.5. The highest BCUT2D eigenvalue weighted by atomic mass is 16.5. The van der Waals surface area contributed by atoms with E-state index in [4.69, 9.17) is 9.84 Å². The van der Waals surface area contributed by atoms with Gasteiger partial charge in [-0.3, -0.25) is 4.79 Å². The molecule has 150 valence electrons. The van der Waals surface area contributed by atoms with Crippen LogP contribution in [0.25, 0.3) is 33.6 Å². The molecule has 4 aromatic rings. The number of nitrogens with one attached hydrogen (secondary N) is 1. The Balaban J connectivity index is 1.79. The van der Waals surface area contributed by atoms with Crippen LogP contribution in [0, 0.1) is 6.92 Å². The van der Waals surface area contributed by atoms with E-state index in [0.29, 0.717) is 5.56 Å². The molecule has 2 aromatic carbocycles. The van der Waals surface area contributed by atoms with E-state index in [9.17, 15) is 4.79 Å². The second-order valence-electron chi connectivity index (χ2n) is 7.63. The Morgan fingerprint density at radius 1 is 1.00 bits per heavy atom. The molecule has 30 heavy (non-hydrogen) atoms. The Morgan fingerprint density at radius 3 is 2.43 bits per heavy atom. The molecule has 1 N–H and O–H groups in total. The van der Waals surface area contributed by atoms with E-state index in [1.165, 1.54) is 10.1 Å². The first-order chi connectivity index (χ1) is 14.7. The number of allylic oxidation sites excluding steroid dienone is 2. The summed E-state index contributed by atoms with van der Waals surface area (Å²) < 4.78 is 6.78. The number of ether oxygens (including phenoxy) is 1. The van der Waals surface area contributed by atoms with E-state index < -0.39 is 0 Å². The standard InChI is InChI=1S/C25H23N3O2/c1-16-21(18-12-14-20(30-2)15-13-18)25(29)28-24(26-16)22(17-8-6-7-9-17)23(27-28)19-10-4-3-5-11-19/h3-5,8,10-15,26H,6-7,9H2,1-2H3. The van der Waals surface area contributed by atoms with Gasteiger partial charge in [-0.25, -0.2) is 0 Å². The van der Waals surface area contributed by atoms with Crippen LogP contribution in [0.4, 0.5) is 0 Å². The average Bonchev–Trinajstić information content (AvgIpc) is 3.43. The van der Waals surface area contributed by atoms with E-state index in [1.807, 2.05) is 61.5 Å². The van der Waals surface area contributed by atoms with Gasteiger partial charge in [-0.1, -0.05) is 48.5 Å². The fourth-order valence-electron chi connectivity index (χ4n) is 4.28. The topological polar surface area (TPSA) is 59.4 Å². The molecule has 2 aromatic heterocycles. The van der Waals surface area contributed by atoms with Gasteiger partial charge in [-0.15, -0.1) is 0 Å². The van der Waals surface area contributed by atoms with Crippen molar-refractivity contribution in [3.8, 4) is 28.1 Å². The lowest BCUT2D eigenvalue weighted by atomic mass is 10.0. The molecule has 0 aliphatic heterocycles. The normalized spacial score (nSPS) is 13.6. The van der Waals surface area contributed by atoms with Crippen molar-refractivity contribution in [2.24, 2.45) is 0 Å². The molecule has 2 heterocycles. The maximum absolute atomic E-state index is 13.5. The summed E-state index contributed by atoms with van der Waals surface area (Å²) in [4.78, 5) is 17.0. The van der Waals surface area contributed by atoms with Crippen LogP contribution in [-0.4, -0.2) is 21.7 Å². The highest BCUT2D eigenvalue weighted by molar-refractivity contribution is 5.88. The number of aryl methyl sites for hydroxylation is 1. The van der Waals surface area contributed by atoms with Gasteiger partial charge in [-0.2, -0.15) is 9.61 Å². The predicted octanol–water partition coefficient (Wildman–Crippen LogP) is 5.24. The molecule has 0 bridgehead atoms. The molecule has 5 rings (SSSR count). The monoisotopic (exact) mass is 397 g/mol.